The lowest BCUT2D eigenvalue weighted by atomic mass is 10.2. The van der Waals surface area contributed by atoms with Gasteiger partial charge in [0.05, 0.1) is 0 Å². The molecule has 14 heavy (non-hydrogen) atoms. The van der Waals surface area contributed by atoms with Gasteiger partial charge in [-0.2, -0.15) is 0 Å². The van der Waals surface area contributed by atoms with Gasteiger partial charge in [0.2, 0.25) is 0 Å². The predicted molar refractivity (Wildman–Crippen MR) is 62.6 cm³/mol. The topological polar surface area (TPSA) is 15.3 Å². The fourth-order valence-electron chi connectivity index (χ4n) is 2.08. The molecule has 1 saturated heterocycles. The van der Waals surface area contributed by atoms with E-state index in [0.29, 0.717) is 0 Å². The Hall–Kier alpha value is -0.340. The molecule has 2 nitrogen and oxygen atoms in total. The van der Waals surface area contributed by atoms with Crippen LogP contribution in [0.3, 0.4) is 0 Å². The fraction of sp³-hybridized carbons (Fsp3) is 0.833. The minimum atomic E-state index is 0.768. The molecule has 0 bridgehead atoms. The first-order valence-corrected chi connectivity index (χ1v) is 5.89. The van der Waals surface area contributed by atoms with Crippen LogP contribution in [0.15, 0.2) is 12.2 Å². The molecule has 0 spiro atoms. The van der Waals surface area contributed by atoms with E-state index in [9.17, 15) is 0 Å². The van der Waals surface area contributed by atoms with E-state index >= 15 is 0 Å². The molecular weight excluding hydrogens is 172 g/mol. The van der Waals surface area contributed by atoms with E-state index in [4.69, 9.17) is 0 Å². The molecule has 82 valence electrons. The summed E-state index contributed by atoms with van der Waals surface area (Å²) in [5, 5.41) is 3.50. The molecule has 1 aliphatic heterocycles. The van der Waals surface area contributed by atoms with E-state index in [1.807, 2.05) is 0 Å². The van der Waals surface area contributed by atoms with Crippen LogP contribution >= 0.6 is 0 Å². The molecule has 0 radical (unpaired) electrons. The lowest BCUT2D eigenvalue weighted by Gasteiger charge is -2.23. The second kappa shape index (κ2) is 6.20. The maximum atomic E-state index is 4.00. The molecule has 1 atom stereocenters. The molecule has 2 heteroatoms. The Kier molecular flexibility index (Phi) is 5.20. The van der Waals surface area contributed by atoms with Crippen molar-refractivity contribution >= 4 is 0 Å². The van der Waals surface area contributed by atoms with Crippen molar-refractivity contribution in [2.45, 2.75) is 39.2 Å². The Morgan fingerprint density at radius 1 is 1.50 bits per heavy atom. The summed E-state index contributed by atoms with van der Waals surface area (Å²) < 4.78 is 0. The van der Waals surface area contributed by atoms with Crippen molar-refractivity contribution in [3.05, 3.63) is 12.2 Å². The quantitative estimate of drug-likeness (QED) is 0.654. The minimum absolute atomic E-state index is 0.768. The van der Waals surface area contributed by atoms with Gasteiger partial charge < -0.3 is 5.32 Å². The Balaban J connectivity index is 2.14. The van der Waals surface area contributed by atoms with Crippen LogP contribution in [-0.4, -0.2) is 37.1 Å². The highest BCUT2D eigenvalue weighted by Crippen LogP contribution is 2.15. The van der Waals surface area contributed by atoms with Gasteiger partial charge in [0.15, 0.2) is 0 Å². The van der Waals surface area contributed by atoms with Crippen LogP contribution in [0.5, 0.6) is 0 Å². The Bertz CT molecular complexity index is 177. The third-order valence-electron chi connectivity index (χ3n) is 3.16. The van der Waals surface area contributed by atoms with E-state index in [1.54, 1.807) is 0 Å². The summed E-state index contributed by atoms with van der Waals surface area (Å²) in [6, 6.07) is 0.768. The van der Waals surface area contributed by atoms with E-state index in [2.05, 4.69) is 30.6 Å². The van der Waals surface area contributed by atoms with E-state index in [-0.39, 0.29) is 0 Å². The van der Waals surface area contributed by atoms with Crippen LogP contribution < -0.4 is 5.32 Å². The lowest BCUT2D eigenvalue weighted by Crippen LogP contribution is -2.38. The molecule has 0 saturated carbocycles. The van der Waals surface area contributed by atoms with Gasteiger partial charge in [-0.1, -0.05) is 26.0 Å². The first-order valence-electron chi connectivity index (χ1n) is 5.89. The summed E-state index contributed by atoms with van der Waals surface area (Å²) >= 11 is 0. The summed E-state index contributed by atoms with van der Waals surface area (Å²) in [6.45, 7) is 13.0. The SMILES string of the molecule is C=C(CC)CNCC1CCCN1CC. The molecule has 1 unspecified atom stereocenters. The summed E-state index contributed by atoms with van der Waals surface area (Å²) in [5.41, 5.74) is 1.31. The van der Waals surface area contributed by atoms with Crippen molar-refractivity contribution < 1.29 is 0 Å². The summed E-state index contributed by atoms with van der Waals surface area (Å²) in [5.74, 6) is 0. The highest BCUT2D eigenvalue weighted by atomic mass is 15.2. The summed E-state index contributed by atoms with van der Waals surface area (Å²) in [6.07, 6.45) is 3.82. The number of rotatable bonds is 6. The summed E-state index contributed by atoms with van der Waals surface area (Å²) in [4.78, 5) is 2.57. The van der Waals surface area contributed by atoms with Crippen LogP contribution in [0, 0.1) is 0 Å². The van der Waals surface area contributed by atoms with Crippen molar-refractivity contribution in [3.63, 3.8) is 0 Å². The monoisotopic (exact) mass is 196 g/mol. The average Bonchev–Trinajstić information content (AvgIpc) is 2.65. The zero-order valence-electron chi connectivity index (χ0n) is 9.68. The Labute approximate surface area is 88.4 Å². The molecule has 1 fully saturated rings. The summed E-state index contributed by atoms with van der Waals surface area (Å²) in [7, 11) is 0. The maximum Gasteiger partial charge on any atom is 0.0221 e. The zero-order chi connectivity index (χ0) is 10.4. The molecule has 0 aliphatic carbocycles. The molecule has 0 aromatic rings. The van der Waals surface area contributed by atoms with Crippen molar-refractivity contribution in [1.82, 2.24) is 10.2 Å². The zero-order valence-corrected chi connectivity index (χ0v) is 9.68. The number of hydrogen-bond acceptors (Lipinski definition) is 2. The first kappa shape index (κ1) is 11.7. The van der Waals surface area contributed by atoms with Crippen molar-refractivity contribution in [3.8, 4) is 0 Å². The third-order valence-corrected chi connectivity index (χ3v) is 3.16. The van der Waals surface area contributed by atoms with Crippen molar-refractivity contribution in [2.24, 2.45) is 0 Å². The second-order valence-corrected chi connectivity index (χ2v) is 4.16. The van der Waals surface area contributed by atoms with Gasteiger partial charge in [-0.05, 0) is 32.4 Å². The van der Waals surface area contributed by atoms with Crippen LogP contribution in [-0.2, 0) is 0 Å². The van der Waals surface area contributed by atoms with E-state index in [1.165, 1.54) is 31.5 Å². The molecule has 1 N–H and O–H groups in total. The molecule has 0 aromatic heterocycles. The normalized spacial score (nSPS) is 22.9. The van der Waals surface area contributed by atoms with Gasteiger partial charge in [-0.15, -0.1) is 0 Å². The maximum absolute atomic E-state index is 4.00. The molecular formula is C12H24N2. The minimum Gasteiger partial charge on any atom is -0.311 e. The largest absolute Gasteiger partial charge is 0.311 e. The molecule has 0 amide bonds. The second-order valence-electron chi connectivity index (χ2n) is 4.16. The van der Waals surface area contributed by atoms with Gasteiger partial charge in [0, 0.05) is 19.1 Å². The van der Waals surface area contributed by atoms with Gasteiger partial charge in [0.1, 0.15) is 0 Å². The predicted octanol–water partition coefficient (Wildman–Crippen LogP) is 2.03. The van der Waals surface area contributed by atoms with Crippen molar-refractivity contribution in [1.29, 1.82) is 0 Å². The fourth-order valence-corrected chi connectivity index (χ4v) is 2.08. The highest BCUT2D eigenvalue weighted by molar-refractivity contribution is 4.95. The van der Waals surface area contributed by atoms with E-state index in [0.717, 1.165) is 25.6 Å². The number of hydrogen-bond donors (Lipinski definition) is 1. The van der Waals surface area contributed by atoms with Gasteiger partial charge in [0.25, 0.3) is 0 Å². The number of nitrogens with zero attached hydrogens (tertiary/aromatic N) is 1. The first-order chi connectivity index (χ1) is 6.77. The third kappa shape index (κ3) is 3.43. The Morgan fingerprint density at radius 3 is 2.93 bits per heavy atom. The van der Waals surface area contributed by atoms with Crippen LogP contribution in [0.2, 0.25) is 0 Å². The molecule has 0 aromatic carbocycles. The number of nitrogens with one attached hydrogen (secondary N) is 1. The number of likely N-dealkylation sites (tertiary alicyclic amines) is 1. The van der Waals surface area contributed by atoms with Gasteiger partial charge in [-0.25, -0.2) is 0 Å². The van der Waals surface area contributed by atoms with Crippen LogP contribution in [0.25, 0.3) is 0 Å². The molecule has 1 aliphatic rings. The van der Waals surface area contributed by atoms with Crippen LogP contribution in [0.4, 0.5) is 0 Å². The lowest BCUT2D eigenvalue weighted by molar-refractivity contribution is 0.261. The number of likely N-dealkylation sites (N-methyl/N-ethyl adjacent to an activating group) is 1. The molecule has 1 heterocycles. The van der Waals surface area contributed by atoms with E-state index < -0.39 is 0 Å². The molecule has 1 rings (SSSR count). The Morgan fingerprint density at radius 2 is 2.29 bits per heavy atom. The van der Waals surface area contributed by atoms with Gasteiger partial charge >= 0.3 is 0 Å². The smallest absolute Gasteiger partial charge is 0.0221 e. The van der Waals surface area contributed by atoms with Gasteiger partial charge in [-0.3, -0.25) is 4.90 Å². The average molecular weight is 196 g/mol. The standard InChI is InChI=1S/C12H24N2/c1-4-11(3)9-13-10-12-7-6-8-14(12)5-2/h12-13H,3-10H2,1-2H3. The highest BCUT2D eigenvalue weighted by Gasteiger charge is 2.21. The van der Waals surface area contributed by atoms with Crippen LogP contribution in [0.1, 0.15) is 33.1 Å². The van der Waals surface area contributed by atoms with Crippen molar-refractivity contribution in [2.75, 3.05) is 26.2 Å².